The number of carbonyl (C=O) groups is 2. The van der Waals surface area contributed by atoms with Crippen LogP contribution in [0.15, 0.2) is 36.5 Å². The fourth-order valence-corrected chi connectivity index (χ4v) is 2.11. The van der Waals surface area contributed by atoms with Crippen molar-refractivity contribution in [3.05, 3.63) is 52.7 Å². The van der Waals surface area contributed by atoms with E-state index in [1.165, 1.54) is 6.20 Å². The summed E-state index contributed by atoms with van der Waals surface area (Å²) >= 11 is 5.73. The number of aromatic nitrogens is 1. The number of fused-ring (bicyclic) bond motifs is 1. The molecule has 2 amide bonds. The van der Waals surface area contributed by atoms with Crippen molar-refractivity contribution in [2.45, 2.75) is 6.42 Å². The van der Waals surface area contributed by atoms with E-state index in [-0.39, 0.29) is 11.8 Å². The number of rotatable bonds is 2. The van der Waals surface area contributed by atoms with Crippen LogP contribution in [0, 0.1) is 0 Å². The van der Waals surface area contributed by atoms with E-state index < -0.39 is 0 Å². The lowest BCUT2D eigenvalue weighted by molar-refractivity contribution is -0.115. The van der Waals surface area contributed by atoms with Crippen LogP contribution >= 0.6 is 11.6 Å². The van der Waals surface area contributed by atoms with Crippen LogP contribution < -0.4 is 10.6 Å². The highest BCUT2D eigenvalue weighted by Crippen LogP contribution is 2.24. The highest BCUT2D eigenvalue weighted by atomic mass is 35.5. The minimum absolute atomic E-state index is 0.0584. The lowest BCUT2D eigenvalue weighted by Gasteiger charge is -2.06. The summed E-state index contributed by atoms with van der Waals surface area (Å²) in [6.07, 6.45) is 1.82. The Hall–Kier alpha value is -2.40. The molecule has 2 N–H and O–H groups in total. The zero-order valence-electron chi connectivity index (χ0n) is 10.3. The molecule has 1 aliphatic heterocycles. The van der Waals surface area contributed by atoms with Crippen LogP contribution in [-0.4, -0.2) is 16.8 Å². The summed E-state index contributed by atoms with van der Waals surface area (Å²) in [4.78, 5) is 27.3. The van der Waals surface area contributed by atoms with Crippen molar-refractivity contribution in [2.75, 3.05) is 10.6 Å². The second kappa shape index (κ2) is 4.94. The molecular weight excluding hydrogens is 278 g/mol. The number of pyridine rings is 1. The predicted molar refractivity (Wildman–Crippen MR) is 76.0 cm³/mol. The smallest absolute Gasteiger partial charge is 0.256 e. The van der Waals surface area contributed by atoms with Crippen molar-refractivity contribution in [1.29, 1.82) is 0 Å². The molecule has 0 unspecified atom stereocenters. The van der Waals surface area contributed by atoms with E-state index >= 15 is 0 Å². The molecule has 0 radical (unpaired) electrons. The van der Waals surface area contributed by atoms with Crippen molar-refractivity contribution in [2.24, 2.45) is 0 Å². The Morgan fingerprint density at radius 2 is 2.15 bits per heavy atom. The lowest BCUT2D eigenvalue weighted by atomic mass is 10.1. The standard InChI is InChI=1S/C14H10ClN3O2/c15-10-3-4-12(16-7-10)18-14(20)9-2-1-8-6-13(19)17-11(8)5-9/h1-5,7H,6H2,(H,17,19)(H,16,18,20). The quantitative estimate of drug-likeness (QED) is 0.891. The fourth-order valence-electron chi connectivity index (χ4n) is 1.99. The second-order valence-corrected chi connectivity index (χ2v) is 4.85. The third kappa shape index (κ3) is 2.48. The Morgan fingerprint density at radius 1 is 1.30 bits per heavy atom. The van der Waals surface area contributed by atoms with Gasteiger partial charge < -0.3 is 10.6 Å². The second-order valence-electron chi connectivity index (χ2n) is 4.41. The van der Waals surface area contributed by atoms with E-state index in [2.05, 4.69) is 15.6 Å². The maximum atomic E-state index is 12.1. The third-order valence-corrected chi connectivity index (χ3v) is 3.19. The van der Waals surface area contributed by atoms with E-state index in [9.17, 15) is 9.59 Å². The molecule has 1 aliphatic rings. The molecule has 2 heterocycles. The SMILES string of the molecule is O=C1Cc2ccc(C(=O)Nc3ccc(Cl)cn3)cc2N1. The van der Waals surface area contributed by atoms with Crippen LogP contribution in [0.5, 0.6) is 0 Å². The highest BCUT2D eigenvalue weighted by Gasteiger charge is 2.19. The summed E-state index contributed by atoms with van der Waals surface area (Å²) in [5, 5.41) is 5.88. The maximum absolute atomic E-state index is 12.1. The first kappa shape index (κ1) is 12.6. The van der Waals surface area contributed by atoms with Crippen LogP contribution in [-0.2, 0) is 11.2 Å². The van der Waals surface area contributed by atoms with Crippen LogP contribution in [0.2, 0.25) is 5.02 Å². The Bertz CT molecular complexity index is 698. The zero-order chi connectivity index (χ0) is 14.1. The normalized spacial score (nSPS) is 12.8. The van der Waals surface area contributed by atoms with Crippen LogP contribution in [0.4, 0.5) is 11.5 Å². The molecule has 0 spiro atoms. The summed E-state index contributed by atoms with van der Waals surface area (Å²) in [5.41, 5.74) is 2.05. The number of hydrogen-bond donors (Lipinski definition) is 2. The molecule has 6 heteroatoms. The first-order valence-corrected chi connectivity index (χ1v) is 6.35. The number of halogens is 1. The molecule has 0 saturated carbocycles. The number of benzene rings is 1. The fraction of sp³-hybridized carbons (Fsp3) is 0.0714. The highest BCUT2D eigenvalue weighted by molar-refractivity contribution is 6.30. The van der Waals surface area contributed by atoms with Crippen LogP contribution in [0.1, 0.15) is 15.9 Å². The van der Waals surface area contributed by atoms with E-state index in [0.29, 0.717) is 28.5 Å². The minimum Gasteiger partial charge on any atom is -0.326 e. The number of amides is 2. The largest absolute Gasteiger partial charge is 0.326 e. The van der Waals surface area contributed by atoms with Gasteiger partial charge in [0.2, 0.25) is 5.91 Å². The van der Waals surface area contributed by atoms with E-state index in [1.54, 1.807) is 30.3 Å². The Balaban J connectivity index is 1.79. The third-order valence-electron chi connectivity index (χ3n) is 2.97. The van der Waals surface area contributed by atoms with Gasteiger partial charge in [0.25, 0.3) is 5.91 Å². The van der Waals surface area contributed by atoms with Gasteiger partial charge in [-0.05, 0) is 29.8 Å². The Labute approximate surface area is 120 Å². The van der Waals surface area contributed by atoms with Gasteiger partial charge >= 0.3 is 0 Å². The average Bonchev–Trinajstić information content (AvgIpc) is 2.80. The van der Waals surface area contributed by atoms with Crippen molar-refractivity contribution in [3.63, 3.8) is 0 Å². The number of hydrogen-bond acceptors (Lipinski definition) is 3. The van der Waals surface area contributed by atoms with Gasteiger partial charge in [0.05, 0.1) is 11.4 Å². The molecule has 5 nitrogen and oxygen atoms in total. The molecule has 20 heavy (non-hydrogen) atoms. The molecule has 2 aromatic rings. The van der Waals surface area contributed by atoms with E-state index in [0.717, 1.165) is 5.56 Å². The van der Waals surface area contributed by atoms with Gasteiger partial charge in [-0.3, -0.25) is 9.59 Å². The topological polar surface area (TPSA) is 71.1 Å². The molecule has 0 bridgehead atoms. The van der Waals surface area contributed by atoms with Gasteiger partial charge in [-0.15, -0.1) is 0 Å². The summed E-state index contributed by atoms with van der Waals surface area (Å²) < 4.78 is 0. The van der Waals surface area contributed by atoms with E-state index in [1.807, 2.05) is 0 Å². The Morgan fingerprint density at radius 3 is 2.90 bits per heavy atom. The van der Waals surface area contributed by atoms with Gasteiger partial charge in [0, 0.05) is 17.4 Å². The number of carbonyl (C=O) groups excluding carboxylic acids is 2. The summed E-state index contributed by atoms with van der Waals surface area (Å²) in [6, 6.07) is 8.38. The zero-order valence-corrected chi connectivity index (χ0v) is 11.1. The lowest BCUT2D eigenvalue weighted by Crippen LogP contribution is -2.13. The molecule has 0 saturated heterocycles. The molecule has 100 valence electrons. The van der Waals surface area contributed by atoms with Gasteiger partial charge in [0.15, 0.2) is 0 Å². The number of nitrogens with one attached hydrogen (secondary N) is 2. The van der Waals surface area contributed by atoms with Gasteiger partial charge in [-0.25, -0.2) is 4.98 Å². The molecule has 0 aliphatic carbocycles. The van der Waals surface area contributed by atoms with Crippen LogP contribution in [0.3, 0.4) is 0 Å². The molecule has 0 atom stereocenters. The van der Waals surface area contributed by atoms with Gasteiger partial charge in [0.1, 0.15) is 5.82 Å². The number of anilines is 2. The monoisotopic (exact) mass is 287 g/mol. The van der Waals surface area contributed by atoms with Crippen molar-refractivity contribution in [3.8, 4) is 0 Å². The van der Waals surface area contributed by atoms with Crippen LogP contribution in [0.25, 0.3) is 0 Å². The Kier molecular flexibility index (Phi) is 3.12. The first-order chi connectivity index (χ1) is 9.61. The number of nitrogens with zero attached hydrogens (tertiary/aromatic N) is 1. The summed E-state index contributed by atoms with van der Waals surface area (Å²) in [5.74, 6) is 0.0737. The predicted octanol–water partition coefficient (Wildman–Crippen LogP) is 2.48. The first-order valence-electron chi connectivity index (χ1n) is 5.97. The van der Waals surface area contributed by atoms with Crippen molar-refractivity contribution >= 4 is 34.9 Å². The minimum atomic E-state index is -0.288. The average molecular weight is 288 g/mol. The molecule has 0 fully saturated rings. The molecule has 1 aromatic heterocycles. The van der Waals surface area contributed by atoms with Gasteiger partial charge in [-0.2, -0.15) is 0 Å². The van der Waals surface area contributed by atoms with Crippen molar-refractivity contribution < 1.29 is 9.59 Å². The molecule has 1 aromatic carbocycles. The summed E-state index contributed by atoms with van der Waals surface area (Å²) in [7, 11) is 0. The molecule has 3 rings (SSSR count). The summed E-state index contributed by atoms with van der Waals surface area (Å²) in [6.45, 7) is 0. The van der Waals surface area contributed by atoms with Gasteiger partial charge in [-0.1, -0.05) is 17.7 Å². The maximum Gasteiger partial charge on any atom is 0.256 e. The van der Waals surface area contributed by atoms with E-state index in [4.69, 9.17) is 11.6 Å². The van der Waals surface area contributed by atoms with Crippen molar-refractivity contribution in [1.82, 2.24) is 4.98 Å². The molecular formula is C14H10ClN3O2.